The third-order valence-electron chi connectivity index (χ3n) is 2.60. The molecule has 1 rings (SSSR count). The molecule has 0 bridgehead atoms. The minimum Gasteiger partial charge on any atom is -0.479 e. The number of primary sulfonamides is 1. The molecule has 1 aromatic rings. The van der Waals surface area contributed by atoms with Crippen molar-refractivity contribution in [2.45, 2.75) is 30.0 Å². The SMILES string of the molecule is COC(CC(F)Cc1ncccc1S(N)(=O)=O)C(=O)O. The number of ether oxygens (including phenoxy) is 1. The van der Waals surface area contributed by atoms with Gasteiger partial charge in [0.15, 0.2) is 6.10 Å². The Balaban J connectivity index is 2.86. The van der Waals surface area contributed by atoms with Gasteiger partial charge in [-0.15, -0.1) is 0 Å². The van der Waals surface area contributed by atoms with Crippen molar-refractivity contribution >= 4 is 16.0 Å². The van der Waals surface area contributed by atoms with Crippen molar-refractivity contribution in [2.75, 3.05) is 7.11 Å². The fourth-order valence-electron chi connectivity index (χ4n) is 1.66. The number of hydrogen-bond acceptors (Lipinski definition) is 5. The average Bonchev–Trinajstić information content (AvgIpc) is 2.35. The van der Waals surface area contributed by atoms with E-state index in [0.717, 1.165) is 7.11 Å². The zero-order valence-electron chi connectivity index (χ0n) is 10.7. The topological polar surface area (TPSA) is 120 Å². The maximum Gasteiger partial charge on any atom is 0.332 e. The molecule has 0 spiro atoms. The third-order valence-corrected chi connectivity index (χ3v) is 3.58. The molecule has 9 heteroatoms. The minimum absolute atomic E-state index is 0.0391. The van der Waals surface area contributed by atoms with Crippen molar-refractivity contribution in [3.63, 3.8) is 0 Å². The summed E-state index contributed by atoms with van der Waals surface area (Å²) in [6, 6.07) is 2.58. The van der Waals surface area contributed by atoms with E-state index in [1.54, 1.807) is 0 Å². The molecule has 1 aromatic heterocycles. The first-order valence-electron chi connectivity index (χ1n) is 5.62. The highest BCUT2D eigenvalue weighted by atomic mass is 32.2. The van der Waals surface area contributed by atoms with Crippen LogP contribution in [0.2, 0.25) is 0 Å². The number of rotatable bonds is 7. The van der Waals surface area contributed by atoms with Crippen LogP contribution in [0.25, 0.3) is 0 Å². The number of aromatic nitrogens is 1. The molecule has 2 unspecified atom stereocenters. The van der Waals surface area contributed by atoms with Gasteiger partial charge in [-0.3, -0.25) is 4.98 Å². The van der Waals surface area contributed by atoms with Crippen LogP contribution in [0.5, 0.6) is 0 Å². The van der Waals surface area contributed by atoms with Gasteiger partial charge in [0.1, 0.15) is 11.1 Å². The molecule has 2 atom stereocenters. The van der Waals surface area contributed by atoms with Crippen LogP contribution in [0.1, 0.15) is 12.1 Å². The monoisotopic (exact) mass is 306 g/mol. The molecule has 1 heterocycles. The first-order valence-corrected chi connectivity index (χ1v) is 7.16. The van der Waals surface area contributed by atoms with Gasteiger partial charge in [-0.25, -0.2) is 22.7 Å². The van der Waals surface area contributed by atoms with E-state index >= 15 is 0 Å². The Labute approximate surface area is 115 Å². The van der Waals surface area contributed by atoms with E-state index in [-0.39, 0.29) is 17.0 Å². The van der Waals surface area contributed by atoms with E-state index < -0.39 is 34.7 Å². The second-order valence-electron chi connectivity index (χ2n) is 4.09. The molecule has 3 N–H and O–H groups in total. The molecule has 0 aliphatic rings. The molecule has 20 heavy (non-hydrogen) atoms. The van der Waals surface area contributed by atoms with E-state index in [4.69, 9.17) is 10.2 Å². The molecular formula is C11H15FN2O5S. The summed E-state index contributed by atoms with van der Waals surface area (Å²) in [5, 5.41) is 13.7. The van der Waals surface area contributed by atoms with E-state index in [0.29, 0.717) is 0 Å². The number of hydrogen-bond donors (Lipinski definition) is 2. The van der Waals surface area contributed by atoms with Gasteiger partial charge in [0, 0.05) is 26.1 Å². The van der Waals surface area contributed by atoms with Crippen molar-refractivity contribution in [1.82, 2.24) is 4.98 Å². The zero-order chi connectivity index (χ0) is 15.3. The number of pyridine rings is 1. The van der Waals surface area contributed by atoms with Gasteiger partial charge >= 0.3 is 5.97 Å². The number of nitrogens with zero attached hydrogens (tertiary/aromatic N) is 1. The van der Waals surface area contributed by atoms with Crippen LogP contribution in [-0.4, -0.2) is 43.9 Å². The number of alkyl halides is 1. The van der Waals surface area contributed by atoms with Crippen LogP contribution >= 0.6 is 0 Å². The van der Waals surface area contributed by atoms with Gasteiger partial charge in [-0.2, -0.15) is 0 Å². The van der Waals surface area contributed by atoms with Crippen LogP contribution in [0.15, 0.2) is 23.2 Å². The predicted molar refractivity (Wildman–Crippen MR) is 67.3 cm³/mol. The number of carboxylic acids is 1. The van der Waals surface area contributed by atoms with E-state index in [9.17, 15) is 17.6 Å². The molecule has 0 saturated heterocycles. The number of carbonyl (C=O) groups is 1. The average molecular weight is 306 g/mol. The summed E-state index contributed by atoms with van der Waals surface area (Å²) in [5.74, 6) is -1.29. The number of carboxylic acid groups (broad SMARTS) is 1. The molecule has 0 radical (unpaired) electrons. The van der Waals surface area contributed by atoms with Gasteiger partial charge in [-0.1, -0.05) is 0 Å². The number of aliphatic carboxylic acids is 1. The quantitative estimate of drug-likeness (QED) is 0.737. The lowest BCUT2D eigenvalue weighted by Crippen LogP contribution is -2.27. The lowest BCUT2D eigenvalue weighted by Gasteiger charge is -2.14. The maximum absolute atomic E-state index is 13.8. The van der Waals surface area contributed by atoms with Gasteiger partial charge < -0.3 is 9.84 Å². The molecule has 112 valence electrons. The highest BCUT2D eigenvalue weighted by Crippen LogP contribution is 2.17. The highest BCUT2D eigenvalue weighted by molar-refractivity contribution is 7.89. The Hall–Kier alpha value is -1.58. The highest BCUT2D eigenvalue weighted by Gasteiger charge is 2.24. The third kappa shape index (κ3) is 4.51. The minimum atomic E-state index is -4.01. The number of methoxy groups -OCH3 is 1. The van der Waals surface area contributed by atoms with Gasteiger partial charge in [0.25, 0.3) is 0 Å². The molecule has 7 nitrogen and oxygen atoms in total. The molecule has 0 aliphatic carbocycles. The summed E-state index contributed by atoms with van der Waals surface area (Å²) in [7, 11) is -2.85. The van der Waals surface area contributed by atoms with Gasteiger partial charge in [0.2, 0.25) is 10.0 Å². The lowest BCUT2D eigenvalue weighted by atomic mass is 10.1. The fourth-order valence-corrected chi connectivity index (χ4v) is 2.39. The fraction of sp³-hybridized carbons (Fsp3) is 0.455. The molecule has 0 amide bonds. The van der Waals surface area contributed by atoms with Gasteiger partial charge in [0.05, 0.1) is 5.69 Å². The summed E-state index contributed by atoms with van der Waals surface area (Å²) < 4.78 is 41.1. The molecule has 0 saturated carbocycles. The van der Waals surface area contributed by atoms with E-state index in [1.807, 2.05) is 0 Å². The Bertz CT molecular complexity index is 578. The number of halogens is 1. The first kappa shape index (κ1) is 16.5. The van der Waals surface area contributed by atoms with Crippen LogP contribution in [0.3, 0.4) is 0 Å². The normalized spacial score (nSPS) is 14.8. The zero-order valence-corrected chi connectivity index (χ0v) is 11.5. The van der Waals surface area contributed by atoms with Crippen molar-refractivity contribution in [2.24, 2.45) is 5.14 Å². The van der Waals surface area contributed by atoms with E-state index in [1.165, 1.54) is 18.3 Å². The summed E-state index contributed by atoms with van der Waals surface area (Å²) in [5.41, 5.74) is -0.0391. The summed E-state index contributed by atoms with van der Waals surface area (Å²) in [4.78, 5) is 14.2. The predicted octanol–water partition coefficient (Wildman–Crippen LogP) is 0.0993. The van der Waals surface area contributed by atoms with Gasteiger partial charge in [-0.05, 0) is 12.1 Å². The maximum atomic E-state index is 13.8. The molecular weight excluding hydrogens is 291 g/mol. The standard InChI is InChI=1S/C11H15FN2O5S/c1-19-9(11(15)16)6-7(12)5-8-10(20(13,17)18)3-2-4-14-8/h2-4,7,9H,5-6H2,1H3,(H,15,16)(H2,13,17,18). The summed E-state index contributed by atoms with van der Waals surface area (Å²) in [6.45, 7) is 0. The molecule has 0 aliphatic heterocycles. The number of nitrogens with two attached hydrogens (primary N) is 1. The first-order chi connectivity index (χ1) is 9.25. The molecule has 0 fully saturated rings. The van der Waals surface area contributed by atoms with Crippen LogP contribution < -0.4 is 5.14 Å². The van der Waals surface area contributed by atoms with Crippen molar-refractivity contribution in [3.8, 4) is 0 Å². The second-order valence-corrected chi connectivity index (χ2v) is 5.62. The Morgan fingerprint density at radius 1 is 1.60 bits per heavy atom. The Morgan fingerprint density at radius 3 is 2.75 bits per heavy atom. The van der Waals surface area contributed by atoms with E-state index in [2.05, 4.69) is 9.72 Å². The van der Waals surface area contributed by atoms with Crippen molar-refractivity contribution in [3.05, 3.63) is 24.0 Å². The summed E-state index contributed by atoms with van der Waals surface area (Å²) >= 11 is 0. The van der Waals surface area contributed by atoms with Crippen LogP contribution in [0, 0.1) is 0 Å². The Kier molecular flexibility index (Phi) is 5.54. The largest absolute Gasteiger partial charge is 0.479 e. The van der Waals surface area contributed by atoms with Crippen LogP contribution in [0.4, 0.5) is 4.39 Å². The Morgan fingerprint density at radius 2 is 2.25 bits per heavy atom. The summed E-state index contributed by atoms with van der Waals surface area (Å²) in [6.07, 6.45) is -2.38. The molecule has 0 aromatic carbocycles. The van der Waals surface area contributed by atoms with Crippen LogP contribution in [-0.2, 0) is 26.0 Å². The van der Waals surface area contributed by atoms with Crippen molar-refractivity contribution < 1.29 is 27.4 Å². The smallest absolute Gasteiger partial charge is 0.332 e. The lowest BCUT2D eigenvalue weighted by molar-refractivity contribution is -0.149. The van der Waals surface area contributed by atoms with Crippen molar-refractivity contribution in [1.29, 1.82) is 0 Å². The number of sulfonamides is 1. The second kappa shape index (κ2) is 6.73.